The van der Waals surface area contributed by atoms with E-state index < -0.39 is 0 Å². The monoisotopic (exact) mass is 211 g/mol. The molecule has 0 aromatic rings. The average Bonchev–Trinajstić information content (AvgIpc) is 2.79. The van der Waals surface area contributed by atoms with Gasteiger partial charge in [0.25, 0.3) is 0 Å². The van der Waals surface area contributed by atoms with Crippen molar-refractivity contribution in [3.63, 3.8) is 0 Å². The molecular weight excluding hydrogens is 186 g/mol. The third-order valence-corrected chi connectivity index (χ3v) is 4.09. The normalized spacial score (nSPS) is 31.4. The molecule has 3 heteroatoms. The lowest BCUT2D eigenvalue weighted by Gasteiger charge is -2.23. The average molecular weight is 211 g/mol. The summed E-state index contributed by atoms with van der Waals surface area (Å²) >= 11 is 0. The minimum atomic E-state index is 0.946. The van der Waals surface area contributed by atoms with E-state index in [9.17, 15) is 0 Å². The summed E-state index contributed by atoms with van der Waals surface area (Å²) in [5, 5.41) is 3.49. The van der Waals surface area contributed by atoms with Crippen LogP contribution in [0.2, 0.25) is 0 Å². The molecule has 0 bridgehead atoms. The van der Waals surface area contributed by atoms with Crippen LogP contribution in [-0.4, -0.2) is 62.2 Å². The molecule has 2 aliphatic rings. The van der Waals surface area contributed by atoms with Crippen molar-refractivity contribution in [1.82, 2.24) is 15.1 Å². The van der Waals surface area contributed by atoms with E-state index >= 15 is 0 Å². The Hall–Kier alpha value is -0.120. The smallest absolute Gasteiger partial charge is 0.0110 e. The highest BCUT2D eigenvalue weighted by atomic mass is 15.2. The first-order valence-corrected chi connectivity index (χ1v) is 6.49. The largest absolute Gasteiger partial charge is 0.316 e. The number of fused-ring (bicyclic) bond motifs is 1. The van der Waals surface area contributed by atoms with Crippen LogP contribution in [0.3, 0.4) is 0 Å². The number of hydrogen-bond acceptors (Lipinski definition) is 3. The van der Waals surface area contributed by atoms with E-state index in [1.807, 2.05) is 0 Å². The van der Waals surface area contributed by atoms with Crippen LogP contribution in [0.1, 0.15) is 13.8 Å². The van der Waals surface area contributed by atoms with Crippen molar-refractivity contribution >= 4 is 0 Å². The zero-order valence-electron chi connectivity index (χ0n) is 10.2. The lowest BCUT2D eigenvalue weighted by Crippen LogP contribution is -2.35. The molecule has 15 heavy (non-hydrogen) atoms. The first kappa shape index (κ1) is 11.4. The van der Waals surface area contributed by atoms with Crippen molar-refractivity contribution in [2.24, 2.45) is 11.8 Å². The second-order valence-corrected chi connectivity index (χ2v) is 4.96. The molecule has 2 saturated heterocycles. The Bertz CT molecular complexity index is 179. The molecule has 0 spiro atoms. The Labute approximate surface area is 93.8 Å². The first-order chi connectivity index (χ1) is 7.33. The second-order valence-electron chi connectivity index (χ2n) is 4.96. The van der Waals surface area contributed by atoms with E-state index in [0.29, 0.717) is 0 Å². The Morgan fingerprint density at radius 2 is 1.73 bits per heavy atom. The minimum Gasteiger partial charge on any atom is -0.316 e. The number of likely N-dealkylation sites (tertiary alicyclic amines) is 1. The van der Waals surface area contributed by atoms with Gasteiger partial charge in [-0.05, 0) is 38.0 Å². The summed E-state index contributed by atoms with van der Waals surface area (Å²) < 4.78 is 0. The highest BCUT2D eigenvalue weighted by molar-refractivity contribution is 4.91. The van der Waals surface area contributed by atoms with Crippen molar-refractivity contribution in [3.05, 3.63) is 0 Å². The van der Waals surface area contributed by atoms with Crippen molar-refractivity contribution in [3.8, 4) is 0 Å². The molecule has 2 fully saturated rings. The van der Waals surface area contributed by atoms with Crippen molar-refractivity contribution < 1.29 is 0 Å². The van der Waals surface area contributed by atoms with Crippen molar-refractivity contribution in [2.75, 3.05) is 52.4 Å². The van der Waals surface area contributed by atoms with Gasteiger partial charge in [0.1, 0.15) is 0 Å². The van der Waals surface area contributed by atoms with Gasteiger partial charge in [0.15, 0.2) is 0 Å². The molecule has 3 nitrogen and oxygen atoms in total. The number of nitrogens with zero attached hydrogens (tertiary/aromatic N) is 2. The Balaban J connectivity index is 1.68. The Kier molecular flexibility index (Phi) is 4.00. The van der Waals surface area contributed by atoms with Gasteiger partial charge in [-0.15, -0.1) is 0 Å². The number of hydrogen-bond donors (Lipinski definition) is 1. The summed E-state index contributed by atoms with van der Waals surface area (Å²) in [5.41, 5.74) is 0. The van der Waals surface area contributed by atoms with Gasteiger partial charge in [-0.3, -0.25) is 0 Å². The summed E-state index contributed by atoms with van der Waals surface area (Å²) in [6.45, 7) is 14.6. The summed E-state index contributed by atoms with van der Waals surface area (Å²) in [6.07, 6.45) is 0. The predicted octanol–water partition coefficient (Wildman–Crippen LogP) is 0.479. The van der Waals surface area contributed by atoms with E-state index in [0.717, 1.165) is 11.8 Å². The molecule has 0 amide bonds. The molecule has 0 aromatic carbocycles. The standard InChI is InChI=1S/C12H25N3/c1-3-14(4-2)5-6-15-9-11-7-13-8-12(11)10-15/h11-13H,3-10H2,1-2H3/t11-,12+. The SMILES string of the molecule is CCN(CC)CCN1C[C@H]2CNC[C@H]2C1. The molecule has 0 aliphatic carbocycles. The van der Waals surface area contributed by atoms with Gasteiger partial charge in [-0.1, -0.05) is 13.8 Å². The van der Waals surface area contributed by atoms with Crippen molar-refractivity contribution in [1.29, 1.82) is 0 Å². The minimum absolute atomic E-state index is 0.946. The zero-order chi connectivity index (χ0) is 10.7. The maximum atomic E-state index is 3.49. The maximum absolute atomic E-state index is 3.49. The van der Waals surface area contributed by atoms with Gasteiger partial charge in [-0.2, -0.15) is 0 Å². The molecule has 0 saturated carbocycles. The van der Waals surface area contributed by atoms with Gasteiger partial charge in [0.2, 0.25) is 0 Å². The summed E-state index contributed by atoms with van der Waals surface area (Å²) in [7, 11) is 0. The van der Waals surface area contributed by atoms with Gasteiger partial charge in [-0.25, -0.2) is 0 Å². The third-order valence-electron chi connectivity index (χ3n) is 4.09. The van der Waals surface area contributed by atoms with Gasteiger partial charge in [0, 0.05) is 26.2 Å². The third kappa shape index (κ3) is 2.71. The maximum Gasteiger partial charge on any atom is 0.0110 e. The fraction of sp³-hybridized carbons (Fsp3) is 1.00. The van der Waals surface area contributed by atoms with Crippen LogP contribution in [0.25, 0.3) is 0 Å². The topological polar surface area (TPSA) is 18.5 Å². The molecule has 0 aromatic heterocycles. The zero-order valence-corrected chi connectivity index (χ0v) is 10.2. The molecule has 0 radical (unpaired) electrons. The van der Waals surface area contributed by atoms with E-state index in [1.165, 1.54) is 52.4 Å². The highest BCUT2D eigenvalue weighted by Gasteiger charge is 2.35. The van der Waals surface area contributed by atoms with Crippen LogP contribution in [-0.2, 0) is 0 Å². The van der Waals surface area contributed by atoms with Crippen LogP contribution in [0.4, 0.5) is 0 Å². The van der Waals surface area contributed by atoms with Crippen LogP contribution in [0.15, 0.2) is 0 Å². The lowest BCUT2D eigenvalue weighted by atomic mass is 10.0. The first-order valence-electron chi connectivity index (χ1n) is 6.49. The van der Waals surface area contributed by atoms with Gasteiger partial charge < -0.3 is 15.1 Å². The molecular formula is C12H25N3. The quantitative estimate of drug-likeness (QED) is 0.713. The fourth-order valence-electron chi connectivity index (χ4n) is 2.96. The summed E-state index contributed by atoms with van der Waals surface area (Å²) in [6, 6.07) is 0. The summed E-state index contributed by atoms with van der Waals surface area (Å²) in [5.74, 6) is 1.89. The van der Waals surface area contributed by atoms with E-state index in [4.69, 9.17) is 0 Å². The van der Waals surface area contributed by atoms with Crippen LogP contribution in [0, 0.1) is 11.8 Å². The number of rotatable bonds is 5. The van der Waals surface area contributed by atoms with Gasteiger partial charge >= 0.3 is 0 Å². The molecule has 1 N–H and O–H groups in total. The molecule has 88 valence electrons. The number of likely N-dealkylation sites (N-methyl/N-ethyl adjacent to an activating group) is 1. The van der Waals surface area contributed by atoms with E-state index in [-0.39, 0.29) is 0 Å². The van der Waals surface area contributed by atoms with Crippen LogP contribution < -0.4 is 5.32 Å². The molecule has 0 unspecified atom stereocenters. The molecule has 2 heterocycles. The summed E-state index contributed by atoms with van der Waals surface area (Å²) in [4.78, 5) is 5.18. The van der Waals surface area contributed by atoms with Crippen molar-refractivity contribution in [2.45, 2.75) is 13.8 Å². The molecule has 2 atom stereocenters. The Morgan fingerprint density at radius 3 is 2.27 bits per heavy atom. The number of nitrogens with one attached hydrogen (secondary N) is 1. The van der Waals surface area contributed by atoms with E-state index in [2.05, 4.69) is 29.0 Å². The lowest BCUT2D eigenvalue weighted by molar-refractivity contribution is 0.232. The fourth-order valence-corrected chi connectivity index (χ4v) is 2.96. The van der Waals surface area contributed by atoms with E-state index in [1.54, 1.807) is 0 Å². The predicted molar refractivity (Wildman–Crippen MR) is 64.1 cm³/mol. The van der Waals surface area contributed by atoms with Gasteiger partial charge in [0.05, 0.1) is 0 Å². The molecule has 2 aliphatic heterocycles. The highest BCUT2D eigenvalue weighted by Crippen LogP contribution is 2.25. The second kappa shape index (κ2) is 5.28. The molecule has 2 rings (SSSR count). The van der Waals surface area contributed by atoms with Crippen LogP contribution in [0.5, 0.6) is 0 Å². The Morgan fingerprint density at radius 1 is 1.13 bits per heavy atom. The van der Waals surface area contributed by atoms with Crippen LogP contribution >= 0.6 is 0 Å².